The smallest absolute Gasteiger partial charge is 0.323 e. The lowest BCUT2D eigenvalue weighted by atomic mass is 9.76. The van der Waals surface area contributed by atoms with Crippen LogP contribution in [0.25, 0.3) is 0 Å². The van der Waals surface area contributed by atoms with Gasteiger partial charge in [-0.1, -0.05) is 78.8 Å². The van der Waals surface area contributed by atoms with Crippen LogP contribution in [-0.4, -0.2) is 84.4 Å². The number of hydrogen-bond acceptors (Lipinski definition) is 5. The van der Waals surface area contributed by atoms with Crippen molar-refractivity contribution in [1.82, 2.24) is 20.4 Å². The molecule has 1 unspecified atom stereocenters. The number of amides is 3. The summed E-state index contributed by atoms with van der Waals surface area (Å²) >= 11 is 0. The first kappa shape index (κ1) is 31.1. The van der Waals surface area contributed by atoms with Crippen LogP contribution in [0.2, 0.25) is 0 Å². The summed E-state index contributed by atoms with van der Waals surface area (Å²) in [5, 5.41) is 15.1. The number of aliphatic carboxylic acids is 1. The van der Waals surface area contributed by atoms with Gasteiger partial charge in [0.2, 0.25) is 17.7 Å². The Morgan fingerprint density at radius 3 is 1.86 bits per heavy atom. The van der Waals surface area contributed by atoms with Crippen molar-refractivity contribution in [2.75, 3.05) is 27.7 Å². The van der Waals surface area contributed by atoms with Gasteiger partial charge in [-0.25, -0.2) is 0 Å². The maximum absolute atomic E-state index is 13.8. The van der Waals surface area contributed by atoms with E-state index in [2.05, 4.69) is 10.6 Å². The van der Waals surface area contributed by atoms with Crippen molar-refractivity contribution in [1.29, 1.82) is 0 Å². The summed E-state index contributed by atoms with van der Waals surface area (Å²) < 4.78 is 0. The van der Waals surface area contributed by atoms with Gasteiger partial charge in [0.05, 0.1) is 6.04 Å². The summed E-state index contributed by atoms with van der Waals surface area (Å²) in [6.07, 6.45) is 0. The number of likely N-dealkylation sites (N-methyl/N-ethyl adjacent to an activating group) is 3. The van der Waals surface area contributed by atoms with E-state index in [-0.39, 0.29) is 11.8 Å². The quantitative estimate of drug-likeness (QED) is 0.425. The fourth-order valence-electron chi connectivity index (χ4n) is 4.47. The van der Waals surface area contributed by atoms with E-state index in [9.17, 15) is 19.2 Å². The molecule has 3 atom stereocenters. The first-order valence-corrected chi connectivity index (χ1v) is 12.2. The molecule has 0 aromatic heterocycles. The van der Waals surface area contributed by atoms with Gasteiger partial charge in [0.1, 0.15) is 18.6 Å². The largest absolute Gasteiger partial charge is 0.480 e. The zero-order valence-electron chi connectivity index (χ0n) is 23.4. The summed E-state index contributed by atoms with van der Waals surface area (Å²) in [7, 11) is 4.63. The molecular formula is C27H44N4O5. The highest BCUT2D eigenvalue weighted by atomic mass is 16.4. The van der Waals surface area contributed by atoms with Crippen LogP contribution in [0.15, 0.2) is 30.3 Å². The van der Waals surface area contributed by atoms with Crippen molar-refractivity contribution in [3.8, 4) is 0 Å². The summed E-state index contributed by atoms with van der Waals surface area (Å²) in [6.45, 7) is 12.6. The van der Waals surface area contributed by atoms with Gasteiger partial charge in [-0.15, -0.1) is 0 Å². The van der Waals surface area contributed by atoms with E-state index in [0.717, 1.165) is 10.5 Å². The van der Waals surface area contributed by atoms with Gasteiger partial charge in [0.25, 0.3) is 0 Å². The minimum Gasteiger partial charge on any atom is -0.480 e. The van der Waals surface area contributed by atoms with Crippen molar-refractivity contribution in [2.24, 2.45) is 11.3 Å². The SMILES string of the molecule is CN[C@H](C(=O)NC(C(=O)N(C)[C@H](C(=O)N(C)CC(=O)O)C(C)C)C(C)(C)C)C(C)(C)c1ccccc1. The maximum Gasteiger partial charge on any atom is 0.323 e. The number of rotatable bonds is 11. The van der Waals surface area contributed by atoms with Crippen LogP contribution in [0.1, 0.15) is 54.0 Å². The molecule has 0 saturated heterocycles. The van der Waals surface area contributed by atoms with Gasteiger partial charge in [-0.05, 0) is 23.9 Å². The van der Waals surface area contributed by atoms with Crippen LogP contribution in [0.5, 0.6) is 0 Å². The predicted octanol–water partition coefficient (Wildman–Crippen LogP) is 2.11. The van der Waals surface area contributed by atoms with Crippen molar-refractivity contribution in [3.63, 3.8) is 0 Å². The predicted molar refractivity (Wildman–Crippen MR) is 140 cm³/mol. The van der Waals surface area contributed by atoms with E-state index in [1.54, 1.807) is 20.9 Å². The number of hydrogen-bond donors (Lipinski definition) is 3. The maximum atomic E-state index is 13.8. The van der Waals surface area contributed by atoms with Crippen LogP contribution in [0.4, 0.5) is 0 Å². The lowest BCUT2D eigenvalue weighted by Crippen LogP contribution is -2.63. The molecule has 0 bridgehead atoms. The highest BCUT2D eigenvalue weighted by molar-refractivity contribution is 5.94. The van der Waals surface area contributed by atoms with Crippen LogP contribution in [0, 0.1) is 11.3 Å². The molecule has 0 heterocycles. The third-order valence-corrected chi connectivity index (χ3v) is 6.59. The van der Waals surface area contributed by atoms with E-state index in [4.69, 9.17) is 5.11 Å². The van der Waals surface area contributed by atoms with Crippen LogP contribution in [0.3, 0.4) is 0 Å². The number of carboxylic acid groups (broad SMARTS) is 1. The van der Waals surface area contributed by atoms with Gasteiger partial charge in [-0.2, -0.15) is 0 Å². The van der Waals surface area contributed by atoms with E-state index in [1.807, 2.05) is 65.0 Å². The first-order chi connectivity index (χ1) is 16.5. The Labute approximate surface area is 215 Å². The second-order valence-corrected chi connectivity index (χ2v) is 11.3. The van der Waals surface area contributed by atoms with Crippen LogP contribution in [-0.2, 0) is 24.6 Å². The number of benzene rings is 1. The lowest BCUT2D eigenvalue weighted by molar-refractivity contribution is -0.151. The Morgan fingerprint density at radius 1 is 0.917 bits per heavy atom. The third kappa shape index (κ3) is 7.53. The molecule has 0 aliphatic heterocycles. The van der Waals surface area contributed by atoms with Gasteiger partial charge < -0.3 is 25.5 Å². The van der Waals surface area contributed by atoms with Crippen molar-refractivity contribution >= 4 is 23.7 Å². The van der Waals surface area contributed by atoms with E-state index in [0.29, 0.717) is 0 Å². The molecule has 0 radical (unpaired) electrons. The summed E-state index contributed by atoms with van der Waals surface area (Å²) in [5.74, 6) is -2.63. The number of nitrogens with one attached hydrogen (secondary N) is 2. The molecule has 202 valence electrons. The average molecular weight is 505 g/mol. The second kappa shape index (κ2) is 12.3. The molecule has 0 aliphatic carbocycles. The van der Waals surface area contributed by atoms with Gasteiger partial charge in [0, 0.05) is 19.5 Å². The third-order valence-electron chi connectivity index (χ3n) is 6.59. The van der Waals surface area contributed by atoms with Gasteiger partial charge in [0.15, 0.2) is 0 Å². The summed E-state index contributed by atoms with van der Waals surface area (Å²) in [4.78, 5) is 53.9. The fourth-order valence-corrected chi connectivity index (χ4v) is 4.47. The minimum atomic E-state index is -1.14. The van der Waals surface area contributed by atoms with Gasteiger partial charge in [-0.3, -0.25) is 19.2 Å². The molecule has 1 aromatic carbocycles. The molecule has 0 spiro atoms. The topological polar surface area (TPSA) is 119 Å². The monoisotopic (exact) mass is 504 g/mol. The number of carboxylic acids is 1. The zero-order valence-corrected chi connectivity index (χ0v) is 23.4. The minimum absolute atomic E-state index is 0.277. The van der Waals surface area contributed by atoms with Gasteiger partial charge >= 0.3 is 5.97 Å². The molecule has 1 rings (SSSR count). The van der Waals surface area contributed by atoms with E-state index >= 15 is 0 Å². The summed E-state index contributed by atoms with van der Waals surface area (Å²) in [6, 6.07) is 7.24. The number of nitrogens with zero attached hydrogens (tertiary/aromatic N) is 2. The highest BCUT2D eigenvalue weighted by Gasteiger charge is 2.43. The standard InChI is InChI=1S/C27H44N4O5/c1-17(2)20(24(35)30(9)16-19(32)33)31(10)25(36)22(26(3,4)5)29-23(34)21(28-8)27(6,7)18-14-12-11-13-15-18/h11-15,17,20-22,28H,16H2,1-10H3,(H,29,34)(H,32,33)/t20-,21+,22?/m0/s1. The highest BCUT2D eigenvalue weighted by Crippen LogP contribution is 2.29. The Hall–Kier alpha value is -2.94. The Bertz CT molecular complexity index is 924. The average Bonchev–Trinajstić information content (AvgIpc) is 2.76. The van der Waals surface area contributed by atoms with Crippen molar-refractivity contribution in [2.45, 2.75) is 72.0 Å². The molecule has 3 N–H and O–H groups in total. The number of carbonyl (C=O) groups is 4. The lowest BCUT2D eigenvalue weighted by Gasteiger charge is -2.40. The molecule has 9 heteroatoms. The Morgan fingerprint density at radius 2 is 1.44 bits per heavy atom. The van der Waals surface area contributed by atoms with Crippen molar-refractivity contribution < 1.29 is 24.3 Å². The molecule has 9 nitrogen and oxygen atoms in total. The Balaban J connectivity index is 3.28. The van der Waals surface area contributed by atoms with E-state index in [1.165, 1.54) is 19.0 Å². The Kier molecular flexibility index (Phi) is 10.7. The molecular weight excluding hydrogens is 460 g/mol. The molecule has 1 aromatic rings. The molecule has 0 saturated carbocycles. The normalized spacial score (nSPS) is 14.5. The fraction of sp³-hybridized carbons (Fsp3) is 0.630. The van der Waals surface area contributed by atoms with Crippen LogP contribution < -0.4 is 10.6 Å². The number of carbonyl (C=O) groups excluding carboxylic acids is 3. The second-order valence-electron chi connectivity index (χ2n) is 11.3. The molecule has 0 aliphatic rings. The first-order valence-electron chi connectivity index (χ1n) is 12.2. The molecule has 3 amide bonds. The summed E-state index contributed by atoms with van der Waals surface area (Å²) in [5.41, 5.74) is -0.261. The van der Waals surface area contributed by atoms with Crippen molar-refractivity contribution in [3.05, 3.63) is 35.9 Å². The molecule has 0 fully saturated rings. The van der Waals surface area contributed by atoms with E-state index < -0.39 is 53.3 Å². The molecule has 36 heavy (non-hydrogen) atoms. The van der Waals surface area contributed by atoms with Crippen LogP contribution >= 0.6 is 0 Å². The zero-order chi connectivity index (χ0) is 28.0.